The van der Waals surface area contributed by atoms with Gasteiger partial charge in [0.15, 0.2) is 11.6 Å². The van der Waals surface area contributed by atoms with Crippen molar-refractivity contribution in [1.82, 2.24) is 19.6 Å². The number of amides is 2. The molecule has 0 spiro atoms. The number of carbonyl (C=O) groups is 2. The minimum atomic E-state index is -0.749. The van der Waals surface area contributed by atoms with Crippen molar-refractivity contribution in [2.45, 2.75) is 6.42 Å². The summed E-state index contributed by atoms with van der Waals surface area (Å²) < 4.78 is 45.8. The van der Waals surface area contributed by atoms with Crippen molar-refractivity contribution in [2.75, 3.05) is 48.9 Å². The zero-order valence-electron chi connectivity index (χ0n) is 27.5. The number of carbonyl (C=O) groups excluding carboxylic acids is 2. The van der Waals surface area contributed by atoms with E-state index in [2.05, 4.69) is 30.6 Å². The van der Waals surface area contributed by atoms with Crippen LogP contribution in [0.25, 0.3) is 16.6 Å². The van der Waals surface area contributed by atoms with Crippen LogP contribution < -0.4 is 25.0 Å². The smallest absolute Gasteiger partial charge is 0.247 e. The SMILES string of the molecule is COc1ccccc1.O=C(CC(=O)Nc1ccc(Oc2ncnn3cc(-c4ccnc(N5CCOCC5)c4)cc23)c(F)c1)Nc1ccc(F)cc1. The molecule has 2 amide bonds. The van der Waals surface area contributed by atoms with Crippen LogP contribution >= 0.6 is 0 Å². The second kappa shape index (κ2) is 16.3. The third-order valence-electron chi connectivity index (χ3n) is 7.63. The maximum Gasteiger partial charge on any atom is 0.247 e. The van der Waals surface area contributed by atoms with Crippen molar-refractivity contribution in [3.63, 3.8) is 0 Å². The molecule has 3 aromatic carbocycles. The van der Waals surface area contributed by atoms with Crippen molar-refractivity contribution in [3.05, 3.63) is 121 Å². The number of nitrogens with one attached hydrogen (secondary N) is 2. The van der Waals surface area contributed by atoms with Gasteiger partial charge in [-0.1, -0.05) is 18.2 Å². The number of fused-ring (bicyclic) bond motifs is 1. The fraction of sp³-hybridized carbons (Fsp3) is 0.162. The van der Waals surface area contributed by atoms with Crippen molar-refractivity contribution in [1.29, 1.82) is 0 Å². The highest BCUT2D eigenvalue weighted by molar-refractivity contribution is 6.08. The Labute approximate surface area is 291 Å². The lowest BCUT2D eigenvalue weighted by atomic mass is 10.1. The van der Waals surface area contributed by atoms with Gasteiger partial charge in [0.05, 0.1) is 20.3 Å². The summed E-state index contributed by atoms with van der Waals surface area (Å²) in [6, 6.07) is 24.4. The van der Waals surface area contributed by atoms with Crippen molar-refractivity contribution in [2.24, 2.45) is 0 Å². The second-order valence-electron chi connectivity index (χ2n) is 11.2. The first-order chi connectivity index (χ1) is 24.8. The van der Waals surface area contributed by atoms with Gasteiger partial charge in [0.1, 0.15) is 35.6 Å². The molecule has 12 nitrogen and oxygen atoms in total. The lowest BCUT2D eigenvalue weighted by molar-refractivity contribution is -0.123. The quantitative estimate of drug-likeness (QED) is 0.166. The number of halogens is 2. The van der Waals surface area contributed by atoms with Gasteiger partial charge >= 0.3 is 0 Å². The van der Waals surface area contributed by atoms with Crippen LogP contribution in [0.5, 0.6) is 17.4 Å². The molecule has 0 unspecified atom stereocenters. The summed E-state index contributed by atoms with van der Waals surface area (Å²) >= 11 is 0. The molecular weight excluding hydrogens is 660 g/mol. The molecule has 1 fully saturated rings. The average Bonchev–Trinajstić information content (AvgIpc) is 3.60. The van der Waals surface area contributed by atoms with E-state index in [1.165, 1.54) is 42.7 Å². The van der Waals surface area contributed by atoms with E-state index >= 15 is 4.39 Å². The minimum Gasteiger partial charge on any atom is -0.497 e. The maximum absolute atomic E-state index is 15.0. The van der Waals surface area contributed by atoms with Gasteiger partial charge in [0.25, 0.3) is 0 Å². The van der Waals surface area contributed by atoms with Crippen molar-refractivity contribution in [3.8, 4) is 28.5 Å². The molecule has 1 aliphatic heterocycles. The Morgan fingerprint density at radius 2 is 1.57 bits per heavy atom. The van der Waals surface area contributed by atoms with E-state index < -0.39 is 29.9 Å². The number of methoxy groups -OCH3 is 1. The molecule has 3 aromatic heterocycles. The van der Waals surface area contributed by atoms with E-state index in [0.29, 0.717) is 24.4 Å². The number of para-hydroxylation sites is 1. The van der Waals surface area contributed by atoms with Crippen molar-refractivity contribution < 1.29 is 32.6 Å². The number of anilines is 3. The topological polar surface area (TPSA) is 132 Å². The zero-order valence-corrected chi connectivity index (χ0v) is 27.5. The number of morpholine rings is 1. The van der Waals surface area contributed by atoms with Crippen LogP contribution in [0.2, 0.25) is 0 Å². The van der Waals surface area contributed by atoms with Crippen LogP contribution in [0.3, 0.4) is 0 Å². The van der Waals surface area contributed by atoms with Gasteiger partial charge in [-0.15, -0.1) is 0 Å². The predicted octanol–water partition coefficient (Wildman–Crippen LogP) is 6.36. The Bertz CT molecular complexity index is 2110. The van der Waals surface area contributed by atoms with Gasteiger partial charge < -0.3 is 29.7 Å². The highest BCUT2D eigenvalue weighted by Gasteiger charge is 2.17. The Morgan fingerprint density at radius 1 is 0.843 bits per heavy atom. The highest BCUT2D eigenvalue weighted by atomic mass is 19.1. The van der Waals surface area contributed by atoms with E-state index in [-0.39, 0.29) is 17.3 Å². The molecule has 0 bridgehead atoms. The monoisotopic (exact) mass is 693 g/mol. The number of hydrogen-bond acceptors (Lipinski definition) is 9. The number of nitrogens with zero attached hydrogens (tertiary/aromatic N) is 5. The second-order valence-corrected chi connectivity index (χ2v) is 11.2. The molecule has 4 heterocycles. The third kappa shape index (κ3) is 9.19. The number of rotatable bonds is 9. The Morgan fingerprint density at radius 3 is 2.27 bits per heavy atom. The maximum atomic E-state index is 15.0. The first kappa shape index (κ1) is 34.5. The van der Waals surface area contributed by atoms with Crippen LogP contribution in [-0.2, 0) is 14.3 Å². The molecule has 7 rings (SSSR count). The van der Waals surface area contributed by atoms with E-state index in [1.807, 2.05) is 54.7 Å². The Kier molecular flexibility index (Phi) is 11.0. The predicted molar refractivity (Wildman–Crippen MR) is 187 cm³/mol. The molecule has 1 aliphatic rings. The van der Waals surface area contributed by atoms with E-state index in [9.17, 15) is 14.0 Å². The van der Waals surface area contributed by atoms with E-state index in [0.717, 1.165) is 41.9 Å². The zero-order chi connectivity index (χ0) is 35.6. The average molecular weight is 694 g/mol. The lowest BCUT2D eigenvalue weighted by Gasteiger charge is -2.27. The Hall–Kier alpha value is -6.41. The molecule has 51 heavy (non-hydrogen) atoms. The largest absolute Gasteiger partial charge is 0.497 e. The van der Waals surface area contributed by atoms with Gasteiger partial charge in [0, 0.05) is 48.5 Å². The molecule has 0 saturated carbocycles. The van der Waals surface area contributed by atoms with Crippen LogP contribution in [0.4, 0.5) is 26.0 Å². The molecule has 0 atom stereocenters. The fourth-order valence-corrected chi connectivity index (χ4v) is 5.12. The summed E-state index contributed by atoms with van der Waals surface area (Å²) in [7, 11) is 1.66. The van der Waals surface area contributed by atoms with Crippen LogP contribution in [-0.4, -0.2) is 64.8 Å². The normalized spacial score (nSPS) is 12.4. The summed E-state index contributed by atoms with van der Waals surface area (Å²) in [6.07, 6.45) is 4.36. The van der Waals surface area contributed by atoms with Gasteiger partial charge in [0.2, 0.25) is 17.7 Å². The molecule has 0 radical (unpaired) electrons. The van der Waals surface area contributed by atoms with Gasteiger partial charge in [-0.25, -0.2) is 18.3 Å². The molecule has 14 heteroatoms. The standard InChI is InChI=1S/C30H25F2N7O4.C7H8O/c31-21-1-3-22(4-2-21)36-28(40)16-29(41)37-23-5-6-26(24(32)15-23)43-30-25-13-20(17-39(25)35-18-34-30)19-7-8-33-27(14-19)38-9-11-42-12-10-38;1-8-7-5-3-2-4-6-7/h1-8,13-15,17-18H,9-12,16H2,(H,36,40)(H,37,41);2-6H,1H3. The van der Waals surface area contributed by atoms with Crippen LogP contribution in [0, 0.1) is 11.6 Å². The summed E-state index contributed by atoms with van der Waals surface area (Å²) in [5.74, 6) is -0.677. The van der Waals surface area contributed by atoms with Crippen molar-refractivity contribution >= 4 is 34.5 Å². The van der Waals surface area contributed by atoms with E-state index in [1.54, 1.807) is 17.8 Å². The van der Waals surface area contributed by atoms with Gasteiger partial charge in [-0.05, 0) is 72.3 Å². The number of pyridine rings is 1. The number of hydrogen-bond donors (Lipinski definition) is 2. The summed E-state index contributed by atoms with van der Waals surface area (Å²) in [5, 5.41) is 9.23. The summed E-state index contributed by atoms with van der Waals surface area (Å²) in [6.45, 7) is 2.83. The molecule has 6 aromatic rings. The Balaban J connectivity index is 0.000000495. The number of aromatic nitrogens is 4. The molecular formula is C37H33F2N7O5. The summed E-state index contributed by atoms with van der Waals surface area (Å²) in [5.41, 5.74) is 2.77. The summed E-state index contributed by atoms with van der Waals surface area (Å²) in [4.78, 5) is 35.3. The van der Waals surface area contributed by atoms with Gasteiger partial charge in [-0.3, -0.25) is 9.59 Å². The molecule has 1 saturated heterocycles. The minimum absolute atomic E-state index is 0.117. The highest BCUT2D eigenvalue weighted by Crippen LogP contribution is 2.32. The number of ether oxygens (including phenoxy) is 3. The first-order valence-corrected chi connectivity index (χ1v) is 15.9. The van der Waals surface area contributed by atoms with Crippen LogP contribution in [0.15, 0.2) is 110 Å². The van der Waals surface area contributed by atoms with E-state index in [4.69, 9.17) is 14.2 Å². The van der Waals surface area contributed by atoms with Gasteiger partial charge in [-0.2, -0.15) is 10.1 Å². The third-order valence-corrected chi connectivity index (χ3v) is 7.63. The van der Waals surface area contributed by atoms with Crippen LogP contribution in [0.1, 0.15) is 6.42 Å². The molecule has 0 aliphatic carbocycles. The molecule has 2 N–H and O–H groups in total. The fourth-order valence-electron chi connectivity index (χ4n) is 5.12. The number of benzene rings is 3. The lowest BCUT2D eigenvalue weighted by Crippen LogP contribution is -2.36. The first-order valence-electron chi connectivity index (χ1n) is 15.9. The molecule has 260 valence electrons.